The third kappa shape index (κ3) is 4.51. The average Bonchev–Trinajstić information content (AvgIpc) is 2.91. The summed E-state index contributed by atoms with van der Waals surface area (Å²) in [5.41, 5.74) is 1.08. The van der Waals surface area contributed by atoms with Crippen LogP contribution < -0.4 is 10.2 Å². The zero-order valence-corrected chi connectivity index (χ0v) is 14.1. The van der Waals surface area contributed by atoms with Gasteiger partial charge in [-0.2, -0.15) is 0 Å². The second-order valence-electron chi connectivity index (χ2n) is 5.46. The Morgan fingerprint density at radius 1 is 1.17 bits per heavy atom. The van der Waals surface area contributed by atoms with Gasteiger partial charge in [0.1, 0.15) is 11.5 Å². The number of aromatic nitrogens is 3. The third-order valence-corrected chi connectivity index (χ3v) is 3.21. The summed E-state index contributed by atoms with van der Waals surface area (Å²) in [5.74, 6) is 1.29. The van der Waals surface area contributed by atoms with Gasteiger partial charge in [-0.05, 0) is 32.8 Å². The maximum absolute atomic E-state index is 12.4. The van der Waals surface area contributed by atoms with Gasteiger partial charge < -0.3 is 14.7 Å². The smallest absolute Gasteiger partial charge is 0.275 e. The van der Waals surface area contributed by atoms with Crippen LogP contribution >= 0.6 is 0 Å². The lowest BCUT2D eigenvalue weighted by Gasteiger charge is -2.22. The number of aryl methyl sites for hydroxylation is 2. The van der Waals surface area contributed by atoms with Crippen LogP contribution in [0.15, 0.2) is 16.7 Å². The molecular formula is C16H23N5O2. The zero-order chi connectivity index (χ0) is 16.8. The lowest BCUT2D eigenvalue weighted by atomic mass is 10.3. The number of hydrogen-bond acceptors (Lipinski definition) is 6. The molecule has 7 nitrogen and oxygen atoms in total. The molecule has 7 heteroatoms. The van der Waals surface area contributed by atoms with Crippen molar-refractivity contribution >= 4 is 17.7 Å². The van der Waals surface area contributed by atoms with Crippen molar-refractivity contribution in [1.82, 2.24) is 15.1 Å². The largest absolute Gasteiger partial charge is 0.360 e. The highest BCUT2D eigenvalue weighted by Gasteiger charge is 2.15. The molecule has 0 aliphatic carbocycles. The predicted molar refractivity (Wildman–Crippen MR) is 88.8 cm³/mol. The number of carbonyl (C=O) groups is 1. The molecule has 0 aliphatic rings. The van der Waals surface area contributed by atoms with E-state index in [1.54, 1.807) is 19.1 Å². The summed E-state index contributed by atoms with van der Waals surface area (Å²) in [6, 6.07) is 3.33. The Labute approximate surface area is 136 Å². The van der Waals surface area contributed by atoms with E-state index in [2.05, 4.69) is 39.2 Å². The van der Waals surface area contributed by atoms with E-state index >= 15 is 0 Å². The highest BCUT2D eigenvalue weighted by molar-refractivity contribution is 6.02. The molecule has 0 aliphatic heterocycles. The molecule has 2 aromatic rings. The van der Waals surface area contributed by atoms with E-state index < -0.39 is 0 Å². The monoisotopic (exact) mass is 317 g/mol. The number of anilines is 2. The Balaban J connectivity index is 2.23. The van der Waals surface area contributed by atoms with E-state index in [0.717, 1.165) is 31.6 Å². The third-order valence-electron chi connectivity index (χ3n) is 3.21. The van der Waals surface area contributed by atoms with Crippen LogP contribution in [0.4, 0.5) is 11.8 Å². The van der Waals surface area contributed by atoms with Gasteiger partial charge in [-0.1, -0.05) is 19.0 Å². The molecule has 2 aromatic heterocycles. The highest BCUT2D eigenvalue weighted by Crippen LogP contribution is 2.14. The van der Waals surface area contributed by atoms with Crippen molar-refractivity contribution in [3.8, 4) is 0 Å². The average molecular weight is 317 g/mol. The number of rotatable bonds is 7. The van der Waals surface area contributed by atoms with Gasteiger partial charge >= 0.3 is 0 Å². The van der Waals surface area contributed by atoms with Crippen molar-refractivity contribution in [3.63, 3.8) is 0 Å². The second-order valence-corrected chi connectivity index (χ2v) is 5.46. The van der Waals surface area contributed by atoms with Crippen molar-refractivity contribution in [1.29, 1.82) is 0 Å². The molecule has 1 N–H and O–H groups in total. The minimum absolute atomic E-state index is 0.321. The molecule has 0 bridgehead atoms. The summed E-state index contributed by atoms with van der Waals surface area (Å²) in [6.45, 7) is 9.57. The topological polar surface area (TPSA) is 84.2 Å². The zero-order valence-electron chi connectivity index (χ0n) is 14.1. The van der Waals surface area contributed by atoms with Crippen molar-refractivity contribution in [2.24, 2.45) is 0 Å². The standard InChI is InChI=1S/C16H23N5O2/c1-5-7-21(8-6-2)16-17-11(3)9-13(18-16)15(22)19-14-10-12(4)23-20-14/h9-10H,5-8H2,1-4H3,(H,19,20,22). The Morgan fingerprint density at radius 2 is 1.87 bits per heavy atom. The first-order valence-electron chi connectivity index (χ1n) is 7.88. The van der Waals surface area contributed by atoms with Crippen LogP contribution in [0.3, 0.4) is 0 Å². The molecule has 124 valence electrons. The van der Waals surface area contributed by atoms with Gasteiger partial charge in [-0.25, -0.2) is 9.97 Å². The molecule has 0 atom stereocenters. The van der Waals surface area contributed by atoms with E-state index in [1.165, 1.54) is 0 Å². The molecule has 0 spiro atoms. The van der Waals surface area contributed by atoms with Crippen LogP contribution in [-0.4, -0.2) is 34.1 Å². The van der Waals surface area contributed by atoms with Crippen LogP contribution in [0.5, 0.6) is 0 Å². The quantitative estimate of drug-likeness (QED) is 0.845. The maximum Gasteiger partial charge on any atom is 0.275 e. The van der Waals surface area contributed by atoms with Crippen molar-refractivity contribution in [2.75, 3.05) is 23.3 Å². The van der Waals surface area contributed by atoms with Crippen LogP contribution in [0.25, 0.3) is 0 Å². The van der Waals surface area contributed by atoms with Crippen LogP contribution in [-0.2, 0) is 0 Å². The molecule has 2 heterocycles. The summed E-state index contributed by atoms with van der Waals surface area (Å²) >= 11 is 0. The minimum Gasteiger partial charge on any atom is -0.360 e. The molecule has 0 unspecified atom stereocenters. The molecule has 1 amide bonds. The first-order valence-corrected chi connectivity index (χ1v) is 7.88. The van der Waals surface area contributed by atoms with E-state index in [0.29, 0.717) is 23.2 Å². The maximum atomic E-state index is 12.4. The number of hydrogen-bond donors (Lipinski definition) is 1. The van der Waals surface area contributed by atoms with Gasteiger partial charge in [0, 0.05) is 24.8 Å². The van der Waals surface area contributed by atoms with Crippen LogP contribution in [0.1, 0.15) is 48.6 Å². The highest BCUT2D eigenvalue weighted by atomic mass is 16.5. The number of carbonyl (C=O) groups excluding carboxylic acids is 1. The Kier molecular flexibility index (Phi) is 5.67. The van der Waals surface area contributed by atoms with Crippen molar-refractivity contribution in [2.45, 2.75) is 40.5 Å². The molecule has 0 saturated carbocycles. The number of nitrogens with zero attached hydrogens (tertiary/aromatic N) is 4. The molecule has 2 rings (SSSR count). The minimum atomic E-state index is -0.321. The Morgan fingerprint density at radius 3 is 2.43 bits per heavy atom. The van der Waals surface area contributed by atoms with E-state index in [1.807, 2.05) is 6.92 Å². The van der Waals surface area contributed by atoms with Crippen molar-refractivity contribution in [3.05, 3.63) is 29.3 Å². The summed E-state index contributed by atoms with van der Waals surface area (Å²) in [7, 11) is 0. The van der Waals surface area contributed by atoms with E-state index in [9.17, 15) is 4.79 Å². The van der Waals surface area contributed by atoms with Crippen LogP contribution in [0.2, 0.25) is 0 Å². The lowest BCUT2D eigenvalue weighted by molar-refractivity contribution is 0.102. The first-order chi connectivity index (χ1) is 11.0. The van der Waals surface area contributed by atoms with Gasteiger partial charge in [0.25, 0.3) is 5.91 Å². The molecule has 0 saturated heterocycles. The summed E-state index contributed by atoms with van der Waals surface area (Å²) < 4.78 is 4.95. The summed E-state index contributed by atoms with van der Waals surface area (Å²) in [6.07, 6.45) is 1.99. The molecule has 23 heavy (non-hydrogen) atoms. The fourth-order valence-corrected chi connectivity index (χ4v) is 2.27. The van der Waals surface area contributed by atoms with Crippen molar-refractivity contribution < 1.29 is 9.32 Å². The number of nitrogens with one attached hydrogen (secondary N) is 1. The van der Waals surface area contributed by atoms with Gasteiger partial charge in [0.15, 0.2) is 5.82 Å². The van der Waals surface area contributed by atoms with E-state index in [4.69, 9.17) is 4.52 Å². The summed E-state index contributed by atoms with van der Waals surface area (Å²) in [4.78, 5) is 23.3. The van der Waals surface area contributed by atoms with Gasteiger partial charge in [0.05, 0.1) is 0 Å². The fraction of sp³-hybridized carbons (Fsp3) is 0.500. The molecule has 0 radical (unpaired) electrons. The van der Waals surface area contributed by atoms with Gasteiger partial charge in [0.2, 0.25) is 5.95 Å². The molecule has 0 fully saturated rings. The lowest BCUT2D eigenvalue weighted by Crippen LogP contribution is -2.28. The normalized spacial score (nSPS) is 10.6. The molecule has 0 aromatic carbocycles. The second kappa shape index (κ2) is 7.71. The Hall–Kier alpha value is -2.44. The van der Waals surface area contributed by atoms with Gasteiger partial charge in [-0.15, -0.1) is 0 Å². The first kappa shape index (κ1) is 16.9. The predicted octanol–water partition coefficient (Wildman–Crippen LogP) is 2.96. The Bertz CT molecular complexity index is 662. The van der Waals surface area contributed by atoms with Crippen LogP contribution in [0, 0.1) is 13.8 Å². The van der Waals surface area contributed by atoms with E-state index in [-0.39, 0.29) is 5.91 Å². The fourth-order valence-electron chi connectivity index (χ4n) is 2.27. The summed E-state index contributed by atoms with van der Waals surface area (Å²) in [5, 5.41) is 6.44. The molecular weight excluding hydrogens is 294 g/mol. The number of amides is 1. The van der Waals surface area contributed by atoms with Gasteiger partial charge in [-0.3, -0.25) is 4.79 Å². The SMILES string of the molecule is CCCN(CCC)c1nc(C)cc(C(=O)Nc2cc(C)on2)n1.